The third kappa shape index (κ3) is 2.94. The summed E-state index contributed by atoms with van der Waals surface area (Å²) in [7, 11) is 1.83. The zero-order chi connectivity index (χ0) is 17.8. The molecule has 0 aliphatic rings. The summed E-state index contributed by atoms with van der Waals surface area (Å²) in [5, 5.41) is 19.2. The number of nitriles is 2. The SMILES string of the molecule is C/C(=N\c1c(C#N)c(C#N)c(-c2ccccc2)n1C)c1ccccc1. The van der Waals surface area contributed by atoms with Gasteiger partial charge in [0.05, 0.1) is 11.3 Å². The van der Waals surface area contributed by atoms with Crippen LogP contribution in [0, 0.1) is 22.7 Å². The average Bonchev–Trinajstić information content (AvgIpc) is 2.94. The van der Waals surface area contributed by atoms with E-state index in [1.807, 2.05) is 79.2 Å². The second-order valence-electron chi connectivity index (χ2n) is 5.63. The van der Waals surface area contributed by atoms with Crippen LogP contribution in [0.25, 0.3) is 11.3 Å². The molecule has 25 heavy (non-hydrogen) atoms. The Labute approximate surface area is 146 Å². The molecule has 0 aliphatic heterocycles. The third-order valence-electron chi connectivity index (χ3n) is 4.10. The Kier molecular flexibility index (Phi) is 4.46. The molecule has 0 bridgehead atoms. The van der Waals surface area contributed by atoms with Gasteiger partial charge in [-0.3, -0.25) is 0 Å². The molecule has 1 heterocycles. The number of hydrogen-bond donors (Lipinski definition) is 0. The Hall–Kier alpha value is -3.63. The molecule has 0 atom stereocenters. The van der Waals surface area contributed by atoms with Crippen molar-refractivity contribution in [1.29, 1.82) is 10.5 Å². The molecule has 0 unspecified atom stereocenters. The van der Waals surface area contributed by atoms with Gasteiger partial charge in [0.25, 0.3) is 0 Å². The Morgan fingerprint density at radius 1 is 0.880 bits per heavy atom. The van der Waals surface area contributed by atoms with E-state index in [0.29, 0.717) is 22.6 Å². The number of aliphatic imine (C=N–C) groups is 1. The molecule has 0 aliphatic carbocycles. The van der Waals surface area contributed by atoms with Gasteiger partial charge in [-0.2, -0.15) is 10.5 Å². The van der Waals surface area contributed by atoms with Crippen molar-refractivity contribution in [1.82, 2.24) is 4.57 Å². The maximum Gasteiger partial charge on any atom is 0.152 e. The first kappa shape index (κ1) is 16.2. The fourth-order valence-electron chi connectivity index (χ4n) is 2.85. The van der Waals surface area contributed by atoms with Crippen molar-refractivity contribution < 1.29 is 0 Å². The van der Waals surface area contributed by atoms with Gasteiger partial charge in [0.1, 0.15) is 17.7 Å². The lowest BCUT2D eigenvalue weighted by Gasteiger charge is -2.06. The van der Waals surface area contributed by atoms with Crippen LogP contribution in [0.4, 0.5) is 5.82 Å². The molecule has 0 radical (unpaired) electrons. The number of hydrogen-bond acceptors (Lipinski definition) is 3. The van der Waals surface area contributed by atoms with Crippen molar-refractivity contribution in [3.8, 4) is 23.4 Å². The van der Waals surface area contributed by atoms with E-state index < -0.39 is 0 Å². The summed E-state index contributed by atoms with van der Waals surface area (Å²) in [5.41, 5.74) is 4.03. The van der Waals surface area contributed by atoms with E-state index in [0.717, 1.165) is 16.8 Å². The molecular weight excluding hydrogens is 308 g/mol. The zero-order valence-electron chi connectivity index (χ0n) is 14.1. The summed E-state index contributed by atoms with van der Waals surface area (Å²) in [5.74, 6) is 0.499. The van der Waals surface area contributed by atoms with Gasteiger partial charge < -0.3 is 4.57 Å². The minimum atomic E-state index is 0.305. The van der Waals surface area contributed by atoms with Gasteiger partial charge in [0.2, 0.25) is 0 Å². The van der Waals surface area contributed by atoms with E-state index in [1.54, 1.807) is 0 Å². The molecule has 0 N–H and O–H groups in total. The first-order valence-corrected chi connectivity index (χ1v) is 7.86. The van der Waals surface area contributed by atoms with Crippen LogP contribution < -0.4 is 0 Å². The summed E-state index contributed by atoms with van der Waals surface area (Å²) in [6, 6.07) is 23.7. The van der Waals surface area contributed by atoms with E-state index >= 15 is 0 Å². The van der Waals surface area contributed by atoms with E-state index in [9.17, 15) is 10.5 Å². The molecule has 0 fully saturated rings. The second-order valence-corrected chi connectivity index (χ2v) is 5.63. The number of rotatable bonds is 3. The number of aromatic nitrogens is 1. The highest BCUT2D eigenvalue weighted by Crippen LogP contribution is 2.35. The standard InChI is InChI=1S/C21H16N4/c1-15(16-9-5-3-6-10-16)24-21-19(14-23)18(13-22)20(25(21)2)17-11-7-4-8-12-17/h3-12H,1-2H3/b24-15+. The van der Waals surface area contributed by atoms with Crippen molar-refractivity contribution >= 4 is 11.5 Å². The molecule has 4 heteroatoms. The first-order valence-electron chi connectivity index (χ1n) is 7.86. The molecule has 0 saturated heterocycles. The number of nitrogens with zero attached hydrogens (tertiary/aromatic N) is 4. The van der Waals surface area contributed by atoms with Crippen LogP contribution in [0.1, 0.15) is 23.6 Å². The summed E-state index contributed by atoms with van der Waals surface area (Å²) < 4.78 is 1.82. The normalized spacial score (nSPS) is 11.0. The van der Waals surface area contributed by atoms with Crippen molar-refractivity contribution in [3.63, 3.8) is 0 Å². The summed E-state index contributed by atoms with van der Waals surface area (Å²) in [6.07, 6.45) is 0. The lowest BCUT2D eigenvalue weighted by Crippen LogP contribution is -1.96. The van der Waals surface area contributed by atoms with Gasteiger partial charge in [-0.05, 0) is 18.1 Å². The maximum atomic E-state index is 9.62. The zero-order valence-corrected chi connectivity index (χ0v) is 14.1. The first-order chi connectivity index (χ1) is 12.2. The molecule has 2 aromatic carbocycles. The van der Waals surface area contributed by atoms with Crippen LogP contribution in [-0.4, -0.2) is 10.3 Å². The molecule has 120 valence electrons. The van der Waals surface area contributed by atoms with E-state index in [1.165, 1.54) is 0 Å². The molecule has 0 saturated carbocycles. The maximum absolute atomic E-state index is 9.62. The highest BCUT2D eigenvalue weighted by molar-refractivity contribution is 6.00. The van der Waals surface area contributed by atoms with Crippen LogP contribution >= 0.6 is 0 Å². The fourth-order valence-corrected chi connectivity index (χ4v) is 2.85. The highest BCUT2D eigenvalue weighted by Gasteiger charge is 2.22. The van der Waals surface area contributed by atoms with Gasteiger partial charge in [-0.1, -0.05) is 60.7 Å². The fraction of sp³-hybridized carbons (Fsp3) is 0.0952. The van der Waals surface area contributed by atoms with Crippen LogP contribution in [0.5, 0.6) is 0 Å². The molecule has 3 aromatic rings. The molecule has 1 aromatic heterocycles. The Morgan fingerprint density at radius 2 is 1.44 bits per heavy atom. The third-order valence-corrected chi connectivity index (χ3v) is 4.10. The van der Waals surface area contributed by atoms with Crippen molar-refractivity contribution in [2.45, 2.75) is 6.92 Å². The predicted molar refractivity (Wildman–Crippen MR) is 98.6 cm³/mol. The van der Waals surface area contributed by atoms with E-state index in [-0.39, 0.29) is 0 Å². The Morgan fingerprint density at radius 3 is 2.00 bits per heavy atom. The Bertz CT molecular complexity index is 1010. The minimum absolute atomic E-state index is 0.305. The van der Waals surface area contributed by atoms with E-state index in [2.05, 4.69) is 17.1 Å². The average molecular weight is 324 g/mol. The summed E-state index contributed by atoms with van der Waals surface area (Å²) in [4.78, 5) is 4.66. The lowest BCUT2D eigenvalue weighted by atomic mass is 10.1. The van der Waals surface area contributed by atoms with Gasteiger partial charge >= 0.3 is 0 Å². The van der Waals surface area contributed by atoms with Gasteiger partial charge in [-0.25, -0.2) is 4.99 Å². The van der Waals surface area contributed by atoms with Crippen LogP contribution in [0.15, 0.2) is 65.7 Å². The quantitative estimate of drug-likeness (QED) is 0.662. The number of benzene rings is 2. The lowest BCUT2D eigenvalue weighted by molar-refractivity contribution is 0.932. The van der Waals surface area contributed by atoms with Crippen molar-refractivity contribution in [2.75, 3.05) is 0 Å². The summed E-state index contributed by atoms with van der Waals surface area (Å²) >= 11 is 0. The smallest absolute Gasteiger partial charge is 0.152 e. The second kappa shape index (κ2) is 6.86. The largest absolute Gasteiger partial charge is 0.327 e. The van der Waals surface area contributed by atoms with Crippen LogP contribution in [0.3, 0.4) is 0 Å². The molecule has 3 rings (SSSR count). The van der Waals surface area contributed by atoms with Gasteiger partial charge in [0, 0.05) is 12.8 Å². The van der Waals surface area contributed by atoms with E-state index in [4.69, 9.17) is 0 Å². The van der Waals surface area contributed by atoms with Gasteiger partial charge in [0.15, 0.2) is 5.82 Å². The minimum Gasteiger partial charge on any atom is -0.327 e. The monoisotopic (exact) mass is 324 g/mol. The van der Waals surface area contributed by atoms with Crippen molar-refractivity contribution in [2.24, 2.45) is 12.0 Å². The van der Waals surface area contributed by atoms with Crippen LogP contribution in [0.2, 0.25) is 0 Å². The van der Waals surface area contributed by atoms with Gasteiger partial charge in [-0.15, -0.1) is 0 Å². The molecule has 4 nitrogen and oxygen atoms in total. The molecule has 0 amide bonds. The molecular formula is C21H16N4. The molecule has 0 spiro atoms. The summed E-state index contributed by atoms with van der Waals surface area (Å²) in [6.45, 7) is 1.90. The highest BCUT2D eigenvalue weighted by atomic mass is 15.1. The Balaban J connectivity index is 2.24. The van der Waals surface area contributed by atoms with Crippen molar-refractivity contribution in [3.05, 3.63) is 77.4 Å². The van der Waals surface area contributed by atoms with Crippen LogP contribution in [-0.2, 0) is 7.05 Å². The topological polar surface area (TPSA) is 64.9 Å². The predicted octanol–water partition coefficient (Wildman–Crippen LogP) is 4.58.